The molecule has 4 fully saturated rings. The van der Waals surface area contributed by atoms with Crippen LogP contribution in [0.5, 0.6) is 0 Å². The van der Waals surface area contributed by atoms with Crippen LogP contribution >= 0.6 is 0 Å². The maximum absolute atomic E-state index is 13.0. The first-order valence-corrected chi connectivity index (χ1v) is 11.1. The molecule has 3 aliphatic heterocycles. The molecule has 4 atom stereocenters. The smallest absolute Gasteiger partial charge is 0.225 e. The van der Waals surface area contributed by atoms with Gasteiger partial charge in [0.15, 0.2) is 0 Å². The molecule has 5 heteroatoms. The summed E-state index contributed by atoms with van der Waals surface area (Å²) in [4.78, 5) is 26.8. The highest BCUT2D eigenvalue weighted by Gasteiger charge is 2.50. The largest absolute Gasteiger partial charge is 0.340 e. The average molecular weight is 369 g/mol. The molecule has 27 heavy (non-hydrogen) atoms. The number of amides is 1. The van der Waals surface area contributed by atoms with Gasteiger partial charge in [-0.3, -0.25) is 4.79 Å². The first kappa shape index (κ1) is 17.4. The molecule has 0 radical (unpaired) electrons. The first-order chi connectivity index (χ1) is 13.3. The Balaban J connectivity index is 1.41. The van der Waals surface area contributed by atoms with E-state index in [1.807, 2.05) is 18.5 Å². The molecule has 4 aliphatic rings. The van der Waals surface area contributed by atoms with E-state index < -0.39 is 0 Å². The standard InChI is InChI=1S/C22H32N4O/c27-21-9-4-8-19-17-13-18(15-25(14-17)22-23-10-5-11-24-22)20(26(19)21)12-16-6-2-1-3-7-16/h5,10-11,16-20H,1-4,6-9,12-15H2/t17-,18+,19+,20+/m1/s1. The number of hydrogen-bond acceptors (Lipinski definition) is 4. The molecule has 1 saturated carbocycles. The number of hydrogen-bond donors (Lipinski definition) is 0. The second-order valence-corrected chi connectivity index (χ2v) is 9.28. The summed E-state index contributed by atoms with van der Waals surface area (Å²) in [5.41, 5.74) is 0. The van der Waals surface area contributed by atoms with Gasteiger partial charge in [0.05, 0.1) is 0 Å². The fraction of sp³-hybridized carbons (Fsp3) is 0.773. The first-order valence-electron chi connectivity index (χ1n) is 11.1. The number of fused-ring (bicyclic) bond motifs is 4. The van der Waals surface area contributed by atoms with Crippen molar-refractivity contribution in [1.29, 1.82) is 0 Å². The molecule has 1 amide bonds. The minimum atomic E-state index is 0.436. The van der Waals surface area contributed by atoms with Crippen molar-refractivity contribution in [3.8, 4) is 0 Å². The fourth-order valence-corrected chi connectivity index (χ4v) is 6.46. The van der Waals surface area contributed by atoms with Crippen LogP contribution in [0.4, 0.5) is 5.95 Å². The summed E-state index contributed by atoms with van der Waals surface area (Å²) in [6, 6.07) is 2.78. The normalized spacial score (nSPS) is 34.4. The summed E-state index contributed by atoms with van der Waals surface area (Å²) in [6.07, 6.45) is 16.1. The minimum absolute atomic E-state index is 0.436. The van der Waals surface area contributed by atoms with E-state index in [-0.39, 0.29) is 0 Å². The van der Waals surface area contributed by atoms with Crippen LogP contribution < -0.4 is 4.90 Å². The number of rotatable bonds is 3. The quantitative estimate of drug-likeness (QED) is 0.817. The van der Waals surface area contributed by atoms with Crippen LogP contribution in [0, 0.1) is 17.8 Å². The maximum Gasteiger partial charge on any atom is 0.225 e. The second kappa shape index (κ2) is 7.40. The van der Waals surface area contributed by atoms with Gasteiger partial charge in [-0.05, 0) is 49.5 Å². The van der Waals surface area contributed by atoms with E-state index in [9.17, 15) is 4.79 Å². The molecular formula is C22H32N4O. The van der Waals surface area contributed by atoms with Crippen LogP contribution in [0.1, 0.15) is 64.2 Å². The maximum atomic E-state index is 13.0. The van der Waals surface area contributed by atoms with Crippen LogP contribution in [-0.4, -0.2) is 45.9 Å². The Morgan fingerprint density at radius 1 is 0.963 bits per heavy atom. The summed E-state index contributed by atoms with van der Waals surface area (Å²) in [7, 11) is 0. The Hall–Kier alpha value is -1.65. The summed E-state index contributed by atoms with van der Waals surface area (Å²) >= 11 is 0. The molecule has 1 aromatic heterocycles. The summed E-state index contributed by atoms with van der Waals surface area (Å²) in [5.74, 6) is 3.29. The van der Waals surface area contributed by atoms with Gasteiger partial charge in [0.25, 0.3) is 0 Å². The number of piperidine rings is 3. The van der Waals surface area contributed by atoms with Gasteiger partial charge >= 0.3 is 0 Å². The Bertz CT molecular complexity index is 660. The van der Waals surface area contributed by atoms with E-state index >= 15 is 0 Å². The Morgan fingerprint density at radius 2 is 1.74 bits per heavy atom. The third kappa shape index (κ3) is 3.34. The van der Waals surface area contributed by atoms with Crippen molar-refractivity contribution in [3.63, 3.8) is 0 Å². The zero-order chi connectivity index (χ0) is 18.2. The molecule has 146 valence electrons. The van der Waals surface area contributed by atoms with Gasteiger partial charge in [-0.2, -0.15) is 0 Å². The number of anilines is 1. The minimum Gasteiger partial charge on any atom is -0.340 e. The Labute approximate surface area is 162 Å². The number of carbonyl (C=O) groups is 1. The van der Waals surface area contributed by atoms with Crippen LogP contribution in [0.15, 0.2) is 18.5 Å². The van der Waals surface area contributed by atoms with Crippen LogP contribution in [0.2, 0.25) is 0 Å². The number of aromatic nitrogens is 2. The zero-order valence-corrected chi connectivity index (χ0v) is 16.3. The van der Waals surface area contributed by atoms with Gasteiger partial charge in [-0.15, -0.1) is 0 Å². The molecule has 2 bridgehead atoms. The summed E-state index contributed by atoms with van der Waals surface area (Å²) in [5, 5.41) is 0. The lowest BCUT2D eigenvalue weighted by Gasteiger charge is -2.57. The van der Waals surface area contributed by atoms with Crippen molar-refractivity contribution in [2.24, 2.45) is 17.8 Å². The van der Waals surface area contributed by atoms with Gasteiger partial charge in [-0.1, -0.05) is 32.1 Å². The van der Waals surface area contributed by atoms with Crippen molar-refractivity contribution in [2.45, 2.75) is 76.3 Å². The Morgan fingerprint density at radius 3 is 2.56 bits per heavy atom. The third-order valence-corrected chi connectivity index (χ3v) is 7.63. The highest BCUT2D eigenvalue weighted by Crippen LogP contribution is 2.45. The predicted octanol–water partition coefficient (Wildman–Crippen LogP) is 3.65. The van der Waals surface area contributed by atoms with Crippen molar-refractivity contribution < 1.29 is 4.79 Å². The third-order valence-electron chi connectivity index (χ3n) is 7.63. The van der Waals surface area contributed by atoms with E-state index in [1.165, 1.54) is 51.4 Å². The summed E-state index contributed by atoms with van der Waals surface area (Å²) in [6.45, 7) is 2.01. The molecule has 1 aromatic rings. The molecule has 0 unspecified atom stereocenters. The fourth-order valence-electron chi connectivity index (χ4n) is 6.46. The lowest BCUT2D eigenvalue weighted by atomic mass is 9.69. The monoisotopic (exact) mass is 368 g/mol. The van der Waals surface area contributed by atoms with Gasteiger partial charge < -0.3 is 9.80 Å². The van der Waals surface area contributed by atoms with Crippen LogP contribution in [0.3, 0.4) is 0 Å². The van der Waals surface area contributed by atoms with Crippen molar-refractivity contribution in [2.75, 3.05) is 18.0 Å². The lowest BCUT2D eigenvalue weighted by Crippen LogP contribution is -2.65. The molecule has 0 aromatic carbocycles. The van der Waals surface area contributed by atoms with Gasteiger partial charge in [-0.25, -0.2) is 9.97 Å². The van der Waals surface area contributed by atoms with Crippen molar-refractivity contribution >= 4 is 11.9 Å². The molecule has 0 N–H and O–H groups in total. The Kier molecular flexibility index (Phi) is 4.78. The second-order valence-electron chi connectivity index (χ2n) is 9.28. The predicted molar refractivity (Wildman–Crippen MR) is 105 cm³/mol. The molecule has 0 spiro atoms. The number of nitrogens with zero attached hydrogens (tertiary/aromatic N) is 4. The van der Waals surface area contributed by atoms with Crippen LogP contribution in [0.25, 0.3) is 0 Å². The van der Waals surface area contributed by atoms with E-state index in [0.717, 1.165) is 37.8 Å². The average Bonchev–Trinajstić information content (AvgIpc) is 2.72. The van der Waals surface area contributed by atoms with E-state index in [2.05, 4.69) is 19.8 Å². The molecular weight excluding hydrogens is 336 g/mol. The van der Waals surface area contributed by atoms with Gasteiger partial charge in [0, 0.05) is 44.0 Å². The highest BCUT2D eigenvalue weighted by atomic mass is 16.2. The van der Waals surface area contributed by atoms with Crippen molar-refractivity contribution in [1.82, 2.24) is 14.9 Å². The molecule has 5 rings (SSSR count). The molecule has 4 heterocycles. The van der Waals surface area contributed by atoms with Gasteiger partial charge in [0.1, 0.15) is 0 Å². The molecule has 1 aliphatic carbocycles. The molecule has 3 saturated heterocycles. The molecule has 5 nitrogen and oxygen atoms in total. The zero-order valence-electron chi connectivity index (χ0n) is 16.3. The SMILES string of the molecule is O=C1CCC[C@H]2[C@@H]3C[C@@H](CN(c4ncccn4)C3)[C@H](CC3CCCCC3)N12. The van der Waals surface area contributed by atoms with Crippen molar-refractivity contribution in [3.05, 3.63) is 18.5 Å². The number of carbonyl (C=O) groups excluding carboxylic acids is 1. The van der Waals surface area contributed by atoms with E-state index in [1.54, 1.807) is 0 Å². The lowest BCUT2D eigenvalue weighted by molar-refractivity contribution is -0.149. The van der Waals surface area contributed by atoms with Gasteiger partial charge in [0.2, 0.25) is 11.9 Å². The van der Waals surface area contributed by atoms with E-state index in [0.29, 0.717) is 29.8 Å². The summed E-state index contributed by atoms with van der Waals surface area (Å²) < 4.78 is 0. The van der Waals surface area contributed by atoms with Crippen LogP contribution in [-0.2, 0) is 4.79 Å². The topological polar surface area (TPSA) is 49.3 Å². The highest BCUT2D eigenvalue weighted by molar-refractivity contribution is 5.78. The van der Waals surface area contributed by atoms with E-state index in [4.69, 9.17) is 0 Å².